The molecule has 0 aromatic carbocycles. The van der Waals surface area contributed by atoms with Gasteiger partial charge in [-0.15, -0.1) is 6.58 Å². The standard InChI is InChI=1S/C11H20O/c1-4-6-11-10(9(2)3)7-5-8-12-11/h4,9-11H,1,5-8H2,2-3H3. The zero-order valence-electron chi connectivity index (χ0n) is 8.25. The normalized spacial score (nSPS) is 30.6. The van der Waals surface area contributed by atoms with Crippen LogP contribution in [-0.4, -0.2) is 12.7 Å². The molecule has 12 heavy (non-hydrogen) atoms. The molecule has 1 heterocycles. The molecule has 2 unspecified atom stereocenters. The Kier molecular flexibility index (Phi) is 3.80. The smallest absolute Gasteiger partial charge is 0.0639 e. The molecule has 2 atom stereocenters. The summed E-state index contributed by atoms with van der Waals surface area (Å²) in [5, 5.41) is 0. The van der Waals surface area contributed by atoms with E-state index in [-0.39, 0.29) is 0 Å². The Balaban J connectivity index is 2.47. The highest BCUT2D eigenvalue weighted by Gasteiger charge is 2.26. The second kappa shape index (κ2) is 4.66. The van der Waals surface area contributed by atoms with E-state index in [1.165, 1.54) is 12.8 Å². The van der Waals surface area contributed by atoms with E-state index in [0.717, 1.165) is 24.9 Å². The summed E-state index contributed by atoms with van der Waals surface area (Å²) in [6.45, 7) is 9.29. The first kappa shape index (κ1) is 9.79. The Morgan fingerprint density at radius 2 is 2.33 bits per heavy atom. The summed E-state index contributed by atoms with van der Waals surface area (Å²) in [4.78, 5) is 0. The van der Waals surface area contributed by atoms with Crippen LogP contribution in [0.15, 0.2) is 12.7 Å². The monoisotopic (exact) mass is 168 g/mol. The lowest BCUT2D eigenvalue weighted by Crippen LogP contribution is -2.32. The van der Waals surface area contributed by atoms with Crippen molar-refractivity contribution in [2.24, 2.45) is 11.8 Å². The Morgan fingerprint density at radius 1 is 1.58 bits per heavy atom. The summed E-state index contributed by atoms with van der Waals surface area (Å²) < 4.78 is 5.72. The highest BCUT2D eigenvalue weighted by Crippen LogP contribution is 2.29. The van der Waals surface area contributed by atoms with Crippen molar-refractivity contribution in [3.63, 3.8) is 0 Å². The van der Waals surface area contributed by atoms with Crippen LogP contribution in [0.25, 0.3) is 0 Å². The van der Waals surface area contributed by atoms with E-state index in [4.69, 9.17) is 4.74 Å². The van der Waals surface area contributed by atoms with Crippen LogP contribution in [-0.2, 0) is 4.74 Å². The lowest BCUT2D eigenvalue weighted by molar-refractivity contribution is -0.0392. The summed E-state index contributed by atoms with van der Waals surface area (Å²) in [7, 11) is 0. The van der Waals surface area contributed by atoms with E-state index in [9.17, 15) is 0 Å². The fourth-order valence-corrected chi connectivity index (χ4v) is 2.03. The van der Waals surface area contributed by atoms with Crippen LogP contribution in [0.3, 0.4) is 0 Å². The molecule has 0 bridgehead atoms. The third-order valence-electron chi connectivity index (χ3n) is 2.75. The molecule has 0 amide bonds. The van der Waals surface area contributed by atoms with Crippen LogP contribution >= 0.6 is 0 Å². The van der Waals surface area contributed by atoms with Gasteiger partial charge in [0.25, 0.3) is 0 Å². The van der Waals surface area contributed by atoms with Crippen molar-refractivity contribution in [1.82, 2.24) is 0 Å². The van der Waals surface area contributed by atoms with Crippen LogP contribution in [0.5, 0.6) is 0 Å². The molecule has 0 N–H and O–H groups in total. The Hall–Kier alpha value is -0.300. The maximum Gasteiger partial charge on any atom is 0.0639 e. The van der Waals surface area contributed by atoms with Gasteiger partial charge in [-0.05, 0) is 31.1 Å². The summed E-state index contributed by atoms with van der Waals surface area (Å²) in [6, 6.07) is 0. The molecule has 70 valence electrons. The fraction of sp³-hybridized carbons (Fsp3) is 0.818. The molecule has 1 aliphatic heterocycles. The summed E-state index contributed by atoms with van der Waals surface area (Å²) in [5.41, 5.74) is 0. The van der Waals surface area contributed by atoms with Gasteiger partial charge >= 0.3 is 0 Å². The zero-order valence-corrected chi connectivity index (χ0v) is 8.25. The molecule has 1 fully saturated rings. The SMILES string of the molecule is C=CCC1OCCCC1C(C)C. The summed E-state index contributed by atoms with van der Waals surface area (Å²) in [6.07, 6.45) is 6.00. The molecular formula is C11H20O. The van der Waals surface area contributed by atoms with Crippen LogP contribution in [0.2, 0.25) is 0 Å². The Morgan fingerprint density at radius 3 is 2.92 bits per heavy atom. The van der Waals surface area contributed by atoms with E-state index in [2.05, 4.69) is 20.4 Å². The maximum atomic E-state index is 5.72. The fourth-order valence-electron chi connectivity index (χ4n) is 2.03. The van der Waals surface area contributed by atoms with Gasteiger partial charge in [-0.1, -0.05) is 19.9 Å². The van der Waals surface area contributed by atoms with Gasteiger partial charge in [0, 0.05) is 6.61 Å². The van der Waals surface area contributed by atoms with Gasteiger partial charge in [-0.25, -0.2) is 0 Å². The minimum absolute atomic E-state index is 0.441. The molecule has 0 saturated carbocycles. The first-order valence-corrected chi connectivity index (χ1v) is 4.98. The van der Waals surface area contributed by atoms with Gasteiger partial charge in [0.15, 0.2) is 0 Å². The van der Waals surface area contributed by atoms with E-state index in [1.807, 2.05) is 6.08 Å². The zero-order chi connectivity index (χ0) is 8.97. The van der Waals surface area contributed by atoms with Gasteiger partial charge in [-0.2, -0.15) is 0 Å². The van der Waals surface area contributed by atoms with Crippen LogP contribution in [0.1, 0.15) is 33.1 Å². The van der Waals surface area contributed by atoms with Crippen molar-refractivity contribution >= 4 is 0 Å². The van der Waals surface area contributed by atoms with E-state index < -0.39 is 0 Å². The Bertz CT molecular complexity index is 140. The van der Waals surface area contributed by atoms with Gasteiger partial charge in [0.2, 0.25) is 0 Å². The molecule has 0 aliphatic carbocycles. The maximum absolute atomic E-state index is 5.72. The molecule has 1 heteroatoms. The minimum Gasteiger partial charge on any atom is -0.378 e. The number of hydrogen-bond acceptors (Lipinski definition) is 1. The second-order valence-corrected chi connectivity index (χ2v) is 3.98. The molecule has 1 nitrogen and oxygen atoms in total. The second-order valence-electron chi connectivity index (χ2n) is 3.98. The van der Waals surface area contributed by atoms with Crippen LogP contribution < -0.4 is 0 Å². The quantitative estimate of drug-likeness (QED) is 0.589. The van der Waals surface area contributed by atoms with Crippen molar-refractivity contribution in [1.29, 1.82) is 0 Å². The average molecular weight is 168 g/mol. The number of rotatable bonds is 3. The van der Waals surface area contributed by atoms with Gasteiger partial charge in [0.1, 0.15) is 0 Å². The van der Waals surface area contributed by atoms with Crippen molar-refractivity contribution < 1.29 is 4.74 Å². The molecule has 0 aromatic rings. The molecule has 1 rings (SSSR count). The molecule has 1 saturated heterocycles. The highest BCUT2D eigenvalue weighted by molar-refractivity contribution is 4.83. The molecule has 1 aliphatic rings. The number of ether oxygens (including phenoxy) is 1. The summed E-state index contributed by atoms with van der Waals surface area (Å²) in [5.74, 6) is 1.49. The lowest BCUT2D eigenvalue weighted by atomic mass is 9.83. The van der Waals surface area contributed by atoms with E-state index >= 15 is 0 Å². The predicted molar refractivity (Wildman–Crippen MR) is 52.1 cm³/mol. The van der Waals surface area contributed by atoms with Crippen molar-refractivity contribution in [3.05, 3.63) is 12.7 Å². The number of hydrogen-bond donors (Lipinski definition) is 0. The highest BCUT2D eigenvalue weighted by atomic mass is 16.5. The molecule has 0 spiro atoms. The average Bonchev–Trinajstić information content (AvgIpc) is 2.05. The molecular weight excluding hydrogens is 148 g/mol. The first-order valence-electron chi connectivity index (χ1n) is 4.98. The van der Waals surface area contributed by atoms with Crippen molar-refractivity contribution in [2.45, 2.75) is 39.2 Å². The Labute approximate surface area is 75.8 Å². The summed E-state index contributed by atoms with van der Waals surface area (Å²) >= 11 is 0. The van der Waals surface area contributed by atoms with E-state index in [1.54, 1.807) is 0 Å². The van der Waals surface area contributed by atoms with E-state index in [0.29, 0.717) is 6.10 Å². The van der Waals surface area contributed by atoms with Crippen LogP contribution in [0.4, 0.5) is 0 Å². The topological polar surface area (TPSA) is 9.23 Å². The molecule has 0 radical (unpaired) electrons. The van der Waals surface area contributed by atoms with Gasteiger partial charge < -0.3 is 4.74 Å². The van der Waals surface area contributed by atoms with Crippen molar-refractivity contribution in [3.8, 4) is 0 Å². The lowest BCUT2D eigenvalue weighted by Gasteiger charge is -2.33. The van der Waals surface area contributed by atoms with Gasteiger partial charge in [0.05, 0.1) is 6.10 Å². The third-order valence-corrected chi connectivity index (χ3v) is 2.75. The van der Waals surface area contributed by atoms with Crippen LogP contribution in [0, 0.1) is 11.8 Å². The molecule has 0 aromatic heterocycles. The largest absolute Gasteiger partial charge is 0.378 e. The van der Waals surface area contributed by atoms with Gasteiger partial charge in [-0.3, -0.25) is 0 Å². The first-order chi connectivity index (χ1) is 5.75. The predicted octanol–water partition coefficient (Wildman–Crippen LogP) is 3.01. The van der Waals surface area contributed by atoms with Crippen molar-refractivity contribution in [2.75, 3.05) is 6.61 Å². The minimum atomic E-state index is 0.441. The third kappa shape index (κ3) is 2.34.